The lowest BCUT2D eigenvalue weighted by molar-refractivity contribution is 0.0940. The van der Waals surface area contributed by atoms with E-state index in [9.17, 15) is 4.79 Å². The van der Waals surface area contributed by atoms with Gasteiger partial charge in [0.15, 0.2) is 0 Å². The number of nitrogens with zero attached hydrogens (tertiary/aromatic N) is 2. The molecular weight excluding hydrogens is 274 g/mol. The predicted molar refractivity (Wildman–Crippen MR) is 80.1 cm³/mol. The molecule has 20 heavy (non-hydrogen) atoms. The fourth-order valence-corrected chi connectivity index (χ4v) is 2.85. The van der Waals surface area contributed by atoms with Gasteiger partial charge in [-0.1, -0.05) is 29.8 Å². The number of nitrogens with one attached hydrogen (secondary N) is 1. The number of aromatic nitrogens is 1. The van der Waals surface area contributed by atoms with Crippen LogP contribution < -0.4 is 5.32 Å². The Labute approximate surface area is 122 Å². The molecule has 0 radical (unpaired) electrons. The molecule has 1 aromatic carbocycles. The van der Waals surface area contributed by atoms with Gasteiger partial charge in [-0.05, 0) is 32.1 Å². The topological polar surface area (TPSA) is 45.2 Å². The Hall–Kier alpha value is -1.65. The van der Waals surface area contributed by atoms with Gasteiger partial charge < -0.3 is 10.2 Å². The van der Waals surface area contributed by atoms with E-state index in [0.29, 0.717) is 10.7 Å². The number of para-hydroxylation sites is 1. The zero-order valence-electron chi connectivity index (χ0n) is 11.3. The lowest BCUT2D eigenvalue weighted by atomic mass is 10.1. The second kappa shape index (κ2) is 5.38. The number of carbonyl (C=O) groups is 1. The maximum atomic E-state index is 12.5. The summed E-state index contributed by atoms with van der Waals surface area (Å²) in [4.78, 5) is 18.9. The molecule has 3 rings (SSSR count). The van der Waals surface area contributed by atoms with Gasteiger partial charge >= 0.3 is 0 Å². The lowest BCUT2D eigenvalue weighted by Gasteiger charge is -2.14. The Morgan fingerprint density at radius 2 is 2.25 bits per heavy atom. The smallest absolute Gasteiger partial charge is 0.252 e. The number of rotatable bonds is 2. The van der Waals surface area contributed by atoms with E-state index in [4.69, 9.17) is 11.6 Å². The van der Waals surface area contributed by atoms with E-state index in [2.05, 4.69) is 22.2 Å². The summed E-state index contributed by atoms with van der Waals surface area (Å²) in [6.45, 7) is 1.91. The normalized spacial score (nSPS) is 19.4. The highest BCUT2D eigenvalue weighted by molar-refractivity contribution is 6.30. The first-order valence-corrected chi connectivity index (χ1v) is 7.06. The first-order valence-electron chi connectivity index (χ1n) is 6.68. The molecule has 0 spiro atoms. The zero-order chi connectivity index (χ0) is 14.1. The van der Waals surface area contributed by atoms with Crippen LogP contribution in [0.3, 0.4) is 0 Å². The van der Waals surface area contributed by atoms with Gasteiger partial charge in [0.1, 0.15) is 5.15 Å². The molecule has 1 N–H and O–H groups in total. The first kappa shape index (κ1) is 13.3. The van der Waals surface area contributed by atoms with Gasteiger partial charge in [-0.15, -0.1) is 0 Å². The number of likely N-dealkylation sites (N-methyl/N-ethyl adjacent to an activating group) is 1. The number of hydrogen-bond donors (Lipinski definition) is 1. The van der Waals surface area contributed by atoms with Crippen molar-refractivity contribution < 1.29 is 4.79 Å². The van der Waals surface area contributed by atoms with Gasteiger partial charge in [-0.2, -0.15) is 0 Å². The standard InChI is InChI=1S/C15H16ClN3O/c1-19-7-6-10(9-19)17-15(20)12-8-14(16)18-13-5-3-2-4-11(12)13/h2-5,8,10H,6-7,9H2,1H3,(H,17,20). The molecular formula is C15H16ClN3O. The van der Waals surface area contributed by atoms with Gasteiger partial charge in [0, 0.05) is 18.0 Å². The molecule has 104 valence electrons. The SMILES string of the molecule is CN1CCC(NC(=O)c2cc(Cl)nc3ccccc23)C1. The molecule has 1 saturated heterocycles. The third kappa shape index (κ3) is 2.62. The van der Waals surface area contributed by atoms with E-state index >= 15 is 0 Å². The summed E-state index contributed by atoms with van der Waals surface area (Å²) in [5, 5.41) is 4.26. The van der Waals surface area contributed by atoms with Crippen LogP contribution in [-0.4, -0.2) is 42.0 Å². The molecule has 1 aliphatic rings. The summed E-state index contributed by atoms with van der Waals surface area (Å²) in [6.07, 6.45) is 0.985. The van der Waals surface area contributed by atoms with Gasteiger partial charge in [-0.3, -0.25) is 4.79 Å². The number of hydrogen-bond acceptors (Lipinski definition) is 3. The number of carbonyl (C=O) groups excluding carboxylic acids is 1. The molecule has 1 amide bonds. The highest BCUT2D eigenvalue weighted by Gasteiger charge is 2.22. The van der Waals surface area contributed by atoms with Crippen LogP contribution in [0.5, 0.6) is 0 Å². The molecule has 2 aromatic rings. The van der Waals surface area contributed by atoms with Crippen molar-refractivity contribution in [1.82, 2.24) is 15.2 Å². The highest BCUT2D eigenvalue weighted by atomic mass is 35.5. The number of halogens is 1. The minimum absolute atomic E-state index is 0.0780. The van der Waals surface area contributed by atoms with Crippen LogP contribution in [0.1, 0.15) is 16.8 Å². The van der Waals surface area contributed by atoms with E-state index < -0.39 is 0 Å². The number of pyridine rings is 1. The molecule has 1 fully saturated rings. The molecule has 4 nitrogen and oxygen atoms in total. The number of likely N-dealkylation sites (tertiary alicyclic amines) is 1. The van der Waals surface area contributed by atoms with E-state index in [1.165, 1.54) is 0 Å². The second-order valence-electron chi connectivity index (χ2n) is 5.23. The van der Waals surface area contributed by atoms with Crippen LogP contribution >= 0.6 is 11.6 Å². The largest absolute Gasteiger partial charge is 0.348 e. The van der Waals surface area contributed by atoms with Crippen LogP contribution in [0, 0.1) is 0 Å². The molecule has 0 saturated carbocycles. The molecule has 0 bridgehead atoms. The predicted octanol–water partition coefficient (Wildman–Crippen LogP) is 2.32. The Balaban J connectivity index is 1.91. The van der Waals surface area contributed by atoms with Crippen molar-refractivity contribution in [2.24, 2.45) is 0 Å². The second-order valence-corrected chi connectivity index (χ2v) is 5.62. The van der Waals surface area contributed by atoms with E-state index in [1.54, 1.807) is 6.07 Å². The van der Waals surface area contributed by atoms with Crippen molar-refractivity contribution in [2.45, 2.75) is 12.5 Å². The van der Waals surface area contributed by atoms with Crippen LogP contribution in [0.2, 0.25) is 5.15 Å². The van der Waals surface area contributed by atoms with Crippen molar-refractivity contribution in [1.29, 1.82) is 0 Å². The average Bonchev–Trinajstić information content (AvgIpc) is 2.83. The van der Waals surface area contributed by atoms with E-state index in [0.717, 1.165) is 30.4 Å². The number of fused-ring (bicyclic) bond motifs is 1. The van der Waals surface area contributed by atoms with Crippen LogP contribution in [-0.2, 0) is 0 Å². The van der Waals surface area contributed by atoms with Gasteiger partial charge in [0.05, 0.1) is 11.1 Å². The quantitative estimate of drug-likeness (QED) is 0.863. The Morgan fingerprint density at radius 3 is 3.00 bits per heavy atom. The number of amides is 1. The average molecular weight is 290 g/mol. The third-order valence-corrected chi connectivity index (χ3v) is 3.85. The summed E-state index contributed by atoms with van der Waals surface area (Å²) in [6, 6.07) is 9.39. The molecule has 0 aliphatic carbocycles. The summed E-state index contributed by atoms with van der Waals surface area (Å²) >= 11 is 6.01. The Kier molecular flexibility index (Phi) is 3.59. The summed E-state index contributed by atoms with van der Waals surface area (Å²) in [5.74, 6) is -0.0780. The summed E-state index contributed by atoms with van der Waals surface area (Å²) < 4.78 is 0. The molecule has 1 atom stereocenters. The maximum Gasteiger partial charge on any atom is 0.252 e. The highest BCUT2D eigenvalue weighted by Crippen LogP contribution is 2.21. The van der Waals surface area contributed by atoms with Crippen molar-refractivity contribution >= 4 is 28.4 Å². The zero-order valence-corrected chi connectivity index (χ0v) is 12.0. The summed E-state index contributed by atoms with van der Waals surface area (Å²) in [5.41, 5.74) is 1.34. The monoisotopic (exact) mass is 289 g/mol. The molecule has 1 unspecified atom stereocenters. The first-order chi connectivity index (χ1) is 9.63. The molecule has 1 aliphatic heterocycles. The Bertz CT molecular complexity index is 659. The minimum atomic E-state index is -0.0780. The fourth-order valence-electron chi connectivity index (χ4n) is 2.65. The molecule has 5 heteroatoms. The van der Waals surface area contributed by atoms with Crippen LogP contribution in [0.15, 0.2) is 30.3 Å². The van der Waals surface area contributed by atoms with Crippen LogP contribution in [0.25, 0.3) is 10.9 Å². The summed E-state index contributed by atoms with van der Waals surface area (Å²) in [7, 11) is 2.06. The maximum absolute atomic E-state index is 12.5. The minimum Gasteiger partial charge on any atom is -0.348 e. The van der Waals surface area contributed by atoms with Crippen LogP contribution in [0.4, 0.5) is 0 Å². The third-order valence-electron chi connectivity index (χ3n) is 3.66. The van der Waals surface area contributed by atoms with Crippen molar-refractivity contribution in [3.05, 3.63) is 41.0 Å². The van der Waals surface area contributed by atoms with Gasteiger partial charge in [-0.25, -0.2) is 4.98 Å². The lowest BCUT2D eigenvalue weighted by Crippen LogP contribution is -2.36. The fraction of sp³-hybridized carbons (Fsp3) is 0.333. The van der Waals surface area contributed by atoms with Gasteiger partial charge in [0.25, 0.3) is 5.91 Å². The molecule has 2 heterocycles. The number of benzene rings is 1. The molecule has 1 aromatic heterocycles. The van der Waals surface area contributed by atoms with Crippen molar-refractivity contribution in [2.75, 3.05) is 20.1 Å². The van der Waals surface area contributed by atoms with Gasteiger partial charge in [0.2, 0.25) is 0 Å². The van der Waals surface area contributed by atoms with Crippen molar-refractivity contribution in [3.8, 4) is 0 Å². The van der Waals surface area contributed by atoms with Crippen molar-refractivity contribution in [3.63, 3.8) is 0 Å². The van der Waals surface area contributed by atoms with E-state index in [1.807, 2.05) is 24.3 Å². The van der Waals surface area contributed by atoms with E-state index in [-0.39, 0.29) is 11.9 Å². The Morgan fingerprint density at radius 1 is 1.45 bits per heavy atom.